The fourth-order valence-electron chi connectivity index (χ4n) is 0.537. The van der Waals surface area contributed by atoms with Gasteiger partial charge in [-0.05, 0) is 19.4 Å². The minimum atomic E-state index is 0.204. The molecule has 0 bridgehead atoms. The number of nitrogens with one attached hydrogen (secondary N) is 1. The van der Waals surface area contributed by atoms with Crippen molar-refractivity contribution in [2.75, 3.05) is 13.1 Å². The molecule has 0 rings (SSSR count). The summed E-state index contributed by atoms with van der Waals surface area (Å²) in [5, 5.41) is 3.03. The highest BCUT2D eigenvalue weighted by atomic mass is 16.1. The maximum absolute atomic E-state index is 10.4. The zero-order valence-electron chi connectivity index (χ0n) is 6.40. The lowest BCUT2D eigenvalue weighted by molar-refractivity contribution is -0.116. The molecule has 0 aromatic carbocycles. The van der Waals surface area contributed by atoms with Crippen LogP contribution in [0.4, 0.5) is 0 Å². The van der Waals surface area contributed by atoms with Gasteiger partial charge in [-0.15, -0.1) is 0 Å². The molecule has 1 N–H and O–H groups in total. The SMILES string of the molecule is CC(=O)CNCC(C)C. The highest BCUT2D eigenvalue weighted by molar-refractivity contribution is 5.77. The fraction of sp³-hybridized carbons (Fsp3) is 0.857. The van der Waals surface area contributed by atoms with Crippen LogP contribution in [0.5, 0.6) is 0 Å². The van der Waals surface area contributed by atoms with Crippen molar-refractivity contribution in [1.82, 2.24) is 5.32 Å². The van der Waals surface area contributed by atoms with Crippen molar-refractivity contribution in [2.24, 2.45) is 5.92 Å². The minimum Gasteiger partial charge on any atom is -0.310 e. The van der Waals surface area contributed by atoms with Crippen molar-refractivity contribution in [3.8, 4) is 0 Å². The van der Waals surface area contributed by atoms with Gasteiger partial charge in [0, 0.05) is 0 Å². The molecule has 0 spiro atoms. The molecule has 0 aromatic heterocycles. The van der Waals surface area contributed by atoms with Crippen molar-refractivity contribution < 1.29 is 4.79 Å². The van der Waals surface area contributed by atoms with Gasteiger partial charge in [-0.3, -0.25) is 4.79 Å². The lowest BCUT2D eigenvalue weighted by atomic mass is 10.2. The summed E-state index contributed by atoms with van der Waals surface area (Å²) in [6.45, 7) is 7.27. The fourth-order valence-corrected chi connectivity index (χ4v) is 0.537. The average Bonchev–Trinajstić information content (AvgIpc) is 1.63. The number of rotatable bonds is 4. The van der Waals surface area contributed by atoms with Crippen LogP contribution in [0.25, 0.3) is 0 Å². The van der Waals surface area contributed by atoms with Gasteiger partial charge in [0.05, 0.1) is 6.54 Å². The molecule has 0 amide bonds. The molecule has 0 fully saturated rings. The zero-order chi connectivity index (χ0) is 7.28. The normalized spacial score (nSPS) is 10.2. The Kier molecular flexibility index (Phi) is 4.32. The van der Waals surface area contributed by atoms with E-state index in [0.717, 1.165) is 6.54 Å². The number of carbonyl (C=O) groups excluding carboxylic acids is 1. The molecule has 0 aromatic rings. The summed E-state index contributed by atoms with van der Waals surface area (Å²) in [5.74, 6) is 0.833. The van der Waals surface area contributed by atoms with E-state index >= 15 is 0 Å². The number of hydrogen-bond acceptors (Lipinski definition) is 2. The Labute approximate surface area is 56.6 Å². The third-order valence-corrected chi connectivity index (χ3v) is 0.927. The van der Waals surface area contributed by atoms with Gasteiger partial charge in [0.2, 0.25) is 0 Å². The largest absolute Gasteiger partial charge is 0.310 e. The van der Waals surface area contributed by atoms with Crippen LogP contribution in [0, 0.1) is 5.92 Å². The van der Waals surface area contributed by atoms with Crippen molar-refractivity contribution >= 4 is 5.78 Å². The lowest BCUT2D eigenvalue weighted by Crippen LogP contribution is -2.24. The van der Waals surface area contributed by atoms with Gasteiger partial charge >= 0.3 is 0 Å². The molecule has 0 radical (unpaired) electrons. The molecular formula is C7H15NO. The van der Waals surface area contributed by atoms with Crippen LogP contribution in [0.15, 0.2) is 0 Å². The standard InChI is InChI=1S/C7H15NO/c1-6(2)4-8-5-7(3)9/h6,8H,4-5H2,1-3H3. The first-order valence-electron chi connectivity index (χ1n) is 3.33. The minimum absolute atomic E-state index is 0.204. The molecule has 2 nitrogen and oxygen atoms in total. The summed E-state index contributed by atoms with van der Waals surface area (Å²) >= 11 is 0. The Bertz CT molecular complexity index is 88.9. The summed E-state index contributed by atoms with van der Waals surface area (Å²) in [5.41, 5.74) is 0. The van der Waals surface area contributed by atoms with Crippen LogP contribution in [-0.2, 0) is 4.79 Å². The first kappa shape index (κ1) is 8.63. The number of Topliss-reactive ketones (excluding diaryl/α,β-unsaturated/α-hetero) is 1. The van der Waals surface area contributed by atoms with Crippen molar-refractivity contribution in [3.05, 3.63) is 0 Å². The van der Waals surface area contributed by atoms with Crippen LogP contribution in [0.3, 0.4) is 0 Å². The van der Waals surface area contributed by atoms with E-state index in [1.54, 1.807) is 6.92 Å². The van der Waals surface area contributed by atoms with Crippen molar-refractivity contribution in [2.45, 2.75) is 20.8 Å². The molecule has 0 aliphatic heterocycles. The Morgan fingerprint density at radius 3 is 2.44 bits per heavy atom. The molecule has 0 atom stereocenters. The lowest BCUT2D eigenvalue weighted by Gasteiger charge is -2.03. The Morgan fingerprint density at radius 2 is 2.11 bits per heavy atom. The monoisotopic (exact) mass is 129 g/mol. The topological polar surface area (TPSA) is 29.1 Å². The first-order chi connectivity index (χ1) is 4.13. The Morgan fingerprint density at radius 1 is 1.56 bits per heavy atom. The van der Waals surface area contributed by atoms with Gasteiger partial charge < -0.3 is 5.32 Å². The smallest absolute Gasteiger partial charge is 0.143 e. The summed E-state index contributed by atoms with van der Waals surface area (Å²) in [7, 11) is 0. The number of hydrogen-bond donors (Lipinski definition) is 1. The third-order valence-electron chi connectivity index (χ3n) is 0.927. The van der Waals surface area contributed by atoms with Gasteiger partial charge in [-0.25, -0.2) is 0 Å². The van der Waals surface area contributed by atoms with Crippen molar-refractivity contribution in [1.29, 1.82) is 0 Å². The average molecular weight is 129 g/mol. The molecule has 0 aliphatic rings. The molecule has 0 aliphatic carbocycles. The Balaban J connectivity index is 3.01. The van der Waals surface area contributed by atoms with Crippen LogP contribution in [-0.4, -0.2) is 18.9 Å². The maximum Gasteiger partial charge on any atom is 0.143 e. The third kappa shape index (κ3) is 7.63. The molecular weight excluding hydrogens is 114 g/mol. The second kappa shape index (κ2) is 4.50. The number of ketones is 1. The van der Waals surface area contributed by atoms with Crippen LogP contribution in [0.1, 0.15) is 20.8 Å². The van der Waals surface area contributed by atoms with Crippen molar-refractivity contribution in [3.63, 3.8) is 0 Å². The van der Waals surface area contributed by atoms with Gasteiger partial charge in [0.15, 0.2) is 0 Å². The molecule has 9 heavy (non-hydrogen) atoms. The number of carbonyl (C=O) groups is 1. The van der Waals surface area contributed by atoms with Crippen LogP contribution in [0.2, 0.25) is 0 Å². The van der Waals surface area contributed by atoms with E-state index in [4.69, 9.17) is 0 Å². The summed E-state index contributed by atoms with van der Waals surface area (Å²) in [4.78, 5) is 10.4. The summed E-state index contributed by atoms with van der Waals surface area (Å²) in [6, 6.07) is 0. The van der Waals surface area contributed by atoms with E-state index in [1.165, 1.54) is 0 Å². The molecule has 2 heteroatoms. The van der Waals surface area contributed by atoms with E-state index in [9.17, 15) is 4.79 Å². The van der Waals surface area contributed by atoms with Gasteiger partial charge in [0.25, 0.3) is 0 Å². The second-order valence-electron chi connectivity index (χ2n) is 2.73. The summed E-state index contributed by atoms with van der Waals surface area (Å²) in [6.07, 6.45) is 0. The zero-order valence-corrected chi connectivity index (χ0v) is 6.40. The highest BCUT2D eigenvalue weighted by Crippen LogP contribution is 1.85. The molecule has 0 heterocycles. The van der Waals surface area contributed by atoms with E-state index < -0.39 is 0 Å². The second-order valence-corrected chi connectivity index (χ2v) is 2.73. The molecule has 54 valence electrons. The van der Waals surface area contributed by atoms with Crippen LogP contribution < -0.4 is 5.32 Å². The van der Waals surface area contributed by atoms with Gasteiger partial charge in [-0.2, -0.15) is 0 Å². The predicted octanol–water partition coefficient (Wildman–Crippen LogP) is 0.821. The Hall–Kier alpha value is -0.370. The van der Waals surface area contributed by atoms with Gasteiger partial charge in [0.1, 0.15) is 5.78 Å². The predicted molar refractivity (Wildman–Crippen MR) is 38.4 cm³/mol. The quantitative estimate of drug-likeness (QED) is 0.609. The molecule has 0 unspecified atom stereocenters. The first-order valence-corrected chi connectivity index (χ1v) is 3.33. The summed E-state index contributed by atoms with van der Waals surface area (Å²) < 4.78 is 0. The van der Waals surface area contributed by atoms with E-state index in [-0.39, 0.29) is 5.78 Å². The van der Waals surface area contributed by atoms with E-state index in [1.807, 2.05) is 0 Å². The maximum atomic E-state index is 10.4. The van der Waals surface area contributed by atoms with E-state index in [2.05, 4.69) is 19.2 Å². The molecule has 0 saturated heterocycles. The van der Waals surface area contributed by atoms with E-state index in [0.29, 0.717) is 12.5 Å². The van der Waals surface area contributed by atoms with Crippen LogP contribution >= 0.6 is 0 Å². The highest BCUT2D eigenvalue weighted by Gasteiger charge is 1.93. The molecule has 0 saturated carbocycles. The van der Waals surface area contributed by atoms with Gasteiger partial charge in [-0.1, -0.05) is 13.8 Å².